The first kappa shape index (κ1) is 53.6. The Balaban J connectivity index is 4.52. The van der Waals surface area contributed by atoms with Gasteiger partial charge in [0, 0.05) is 19.3 Å². The number of allylic oxidation sites excluding steroid dienone is 14. The van der Waals surface area contributed by atoms with Crippen molar-refractivity contribution in [3.05, 3.63) is 85.1 Å². The van der Waals surface area contributed by atoms with Gasteiger partial charge in [0.25, 0.3) is 0 Å². The first-order chi connectivity index (χ1) is 28.0. The molecular weight excluding hydrogens is 709 g/mol. The Labute approximate surface area is 350 Å². The van der Waals surface area contributed by atoms with Gasteiger partial charge in [-0.2, -0.15) is 0 Å². The summed E-state index contributed by atoms with van der Waals surface area (Å²) in [5, 5.41) is 0. The normalized spacial score (nSPS) is 12.8. The summed E-state index contributed by atoms with van der Waals surface area (Å²) in [4.78, 5) is 37.7. The topological polar surface area (TPSA) is 78.9 Å². The van der Waals surface area contributed by atoms with E-state index in [-0.39, 0.29) is 37.5 Å². The highest BCUT2D eigenvalue weighted by molar-refractivity contribution is 5.71. The van der Waals surface area contributed by atoms with E-state index in [2.05, 4.69) is 93.7 Å². The Morgan fingerprint density at radius 1 is 0.368 bits per heavy atom. The van der Waals surface area contributed by atoms with Gasteiger partial charge in [0.1, 0.15) is 13.2 Å². The van der Waals surface area contributed by atoms with Crippen molar-refractivity contribution in [3.63, 3.8) is 0 Å². The van der Waals surface area contributed by atoms with E-state index in [1.807, 2.05) is 12.2 Å². The Hall–Kier alpha value is -3.41. The fraction of sp³-hybridized carbons (Fsp3) is 0.667. The molecule has 0 N–H and O–H groups in total. The maximum absolute atomic E-state index is 12.7. The van der Waals surface area contributed by atoms with Gasteiger partial charge in [-0.1, -0.05) is 170 Å². The molecule has 0 amide bonds. The van der Waals surface area contributed by atoms with Crippen LogP contribution in [0.2, 0.25) is 0 Å². The molecular formula is C51H84O6. The number of rotatable bonds is 40. The van der Waals surface area contributed by atoms with Gasteiger partial charge in [-0.05, 0) is 96.3 Å². The molecule has 0 fully saturated rings. The zero-order valence-corrected chi connectivity index (χ0v) is 36.8. The van der Waals surface area contributed by atoms with Crippen LogP contribution in [0.25, 0.3) is 0 Å². The van der Waals surface area contributed by atoms with Gasteiger partial charge >= 0.3 is 17.9 Å². The lowest BCUT2D eigenvalue weighted by atomic mass is 10.1. The minimum atomic E-state index is -0.811. The molecule has 0 aromatic rings. The molecule has 0 heterocycles. The predicted molar refractivity (Wildman–Crippen MR) is 242 cm³/mol. The van der Waals surface area contributed by atoms with Crippen molar-refractivity contribution >= 4 is 17.9 Å². The largest absolute Gasteiger partial charge is 0.462 e. The molecule has 0 rings (SSSR count). The molecule has 0 aliphatic heterocycles. The van der Waals surface area contributed by atoms with Gasteiger partial charge in [-0.25, -0.2) is 0 Å². The van der Waals surface area contributed by atoms with Gasteiger partial charge < -0.3 is 14.2 Å². The molecule has 0 saturated carbocycles. The standard InChI is InChI=1S/C51H84O6/c1-4-7-10-13-16-19-22-24-25-26-27-30-32-35-38-41-44-50(53)56-47-48(46-55-49(52)43-40-37-34-31-28-21-18-15-12-9-6-3)57-51(54)45-42-39-36-33-29-23-20-17-14-11-8-5-2/h7,10,15-20,24-25,27,30,35,38,48H,4-6,8-9,11-14,21-23,26,28-29,31-34,36-37,39-47H2,1-3H3/b10-7-,18-15-,19-16-,20-17-,25-24-,30-27-,38-35-. The number of hydrogen-bond acceptors (Lipinski definition) is 6. The van der Waals surface area contributed by atoms with E-state index < -0.39 is 6.10 Å². The monoisotopic (exact) mass is 793 g/mol. The highest BCUT2D eigenvalue weighted by atomic mass is 16.6. The van der Waals surface area contributed by atoms with E-state index in [0.29, 0.717) is 19.3 Å². The van der Waals surface area contributed by atoms with Gasteiger partial charge in [0.15, 0.2) is 6.10 Å². The lowest BCUT2D eigenvalue weighted by Crippen LogP contribution is -2.30. The number of esters is 3. The van der Waals surface area contributed by atoms with Crippen molar-refractivity contribution in [2.75, 3.05) is 13.2 Å². The highest BCUT2D eigenvalue weighted by Crippen LogP contribution is 2.12. The van der Waals surface area contributed by atoms with Crippen LogP contribution in [-0.4, -0.2) is 37.2 Å². The fourth-order valence-electron chi connectivity index (χ4n) is 5.88. The Kier molecular flexibility index (Phi) is 42.6. The van der Waals surface area contributed by atoms with Crippen LogP contribution in [0.3, 0.4) is 0 Å². The maximum atomic E-state index is 12.7. The number of carbonyl (C=O) groups excluding carboxylic acids is 3. The van der Waals surface area contributed by atoms with Gasteiger partial charge in [0.05, 0.1) is 0 Å². The predicted octanol–water partition coefficient (Wildman–Crippen LogP) is 14.9. The second-order valence-electron chi connectivity index (χ2n) is 14.9. The summed E-state index contributed by atoms with van der Waals surface area (Å²) in [5.41, 5.74) is 0. The third-order valence-electron chi connectivity index (χ3n) is 9.37. The van der Waals surface area contributed by atoms with E-state index in [1.165, 1.54) is 57.8 Å². The number of carbonyl (C=O) groups is 3. The molecule has 0 radical (unpaired) electrons. The fourth-order valence-corrected chi connectivity index (χ4v) is 5.88. The third-order valence-corrected chi connectivity index (χ3v) is 9.37. The lowest BCUT2D eigenvalue weighted by molar-refractivity contribution is -0.166. The first-order valence-electron chi connectivity index (χ1n) is 23.1. The van der Waals surface area contributed by atoms with Gasteiger partial charge in [-0.3, -0.25) is 14.4 Å². The summed E-state index contributed by atoms with van der Waals surface area (Å²) in [6.45, 7) is 6.35. The summed E-state index contributed by atoms with van der Waals surface area (Å²) >= 11 is 0. The van der Waals surface area contributed by atoms with E-state index in [9.17, 15) is 14.4 Å². The van der Waals surface area contributed by atoms with Crippen molar-refractivity contribution in [3.8, 4) is 0 Å². The minimum absolute atomic E-state index is 0.108. The van der Waals surface area contributed by atoms with Crippen LogP contribution in [0.5, 0.6) is 0 Å². The maximum Gasteiger partial charge on any atom is 0.306 e. The number of ether oxygens (including phenoxy) is 3. The summed E-state index contributed by atoms with van der Waals surface area (Å²) in [6, 6.07) is 0. The first-order valence-corrected chi connectivity index (χ1v) is 23.1. The second-order valence-corrected chi connectivity index (χ2v) is 14.9. The average Bonchev–Trinajstić information content (AvgIpc) is 3.21. The molecule has 6 nitrogen and oxygen atoms in total. The van der Waals surface area contributed by atoms with Crippen molar-refractivity contribution in [1.82, 2.24) is 0 Å². The third kappa shape index (κ3) is 43.6. The number of unbranched alkanes of at least 4 members (excludes halogenated alkanes) is 15. The smallest absolute Gasteiger partial charge is 0.306 e. The SMILES string of the molecule is CC/C=C\C/C=C\C/C=C\C/C=C\C/C=C\CCC(=O)OCC(COC(=O)CCCCCCC/C=C\CCCC)OC(=O)CCCCCCC/C=C\CCCCC. The Morgan fingerprint density at radius 3 is 1.23 bits per heavy atom. The molecule has 0 spiro atoms. The van der Waals surface area contributed by atoms with Crippen molar-refractivity contribution in [2.24, 2.45) is 0 Å². The van der Waals surface area contributed by atoms with Crippen LogP contribution in [-0.2, 0) is 28.6 Å². The molecule has 324 valence electrons. The van der Waals surface area contributed by atoms with Gasteiger partial charge in [-0.15, -0.1) is 0 Å². The molecule has 0 aromatic heterocycles. The summed E-state index contributed by atoms with van der Waals surface area (Å²) in [6.07, 6.45) is 57.2. The van der Waals surface area contributed by atoms with E-state index in [0.717, 1.165) is 96.3 Å². The second kappa shape index (κ2) is 45.3. The van der Waals surface area contributed by atoms with Crippen LogP contribution in [0.1, 0.15) is 201 Å². The highest BCUT2D eigenvalue weighted by Gasteiger charge is 2.19. The van der Waals surface area contributed by atoms with E-state index >= 15 is 0 Å². The van der Waals surface area contributed by atoms with Crippen LogP contribution >= 0.6 is 0 Å². The van der Waals surface area contributed by atoms with Crippen LogP contribution < -0.4 is 0 Å². The van der Waals surface area contributed by atoms with Gasteiger partial charge in [0.2, 0.25) is 0 Å². The molecule has 1 atom stereocenters. The molecule has 0 aliphatic carbocycles. The molecule has 0 aromatic carbocycles. The molecule has 1 unspecified atom stereocenters. The quantitative estimate of drug-likeness (QED) is 0.0266. The molecule has 6 heteroatoms. The van der Waals surface area contributed by atoms with Crippen LogP contribution in [0.4, 0.5) is 0 Å². The minimum Gasteiger partial charge on any atom is -0.462 e. The van der Waals surface area contributed by atoms with Crippen molar-refractivity contribution in [1.29, 1.82) is 0 Å². The zero-order chi connectivity index (χ0) is 41.5. The van der Waals surface area contributed by atoms with Crippen molar-refractivity contribution in [2.45, 2.75) is 207 Å². The summed E-state index contributed by atoms with van der Waals surface area (Å²) in [7, 11) is 0. The van der Waals surface area contributed by atoms with Crippen molar-refractivity contribution < 1.29 is 28.6 Å². The molecule has 57 heavy (non-hydrogen) atoms. The summed E-state index contributed by atoms with van der Waals surface area (Å²) in [5.74, 6) is -1.02. The summed E-state index contributed by atoms with van der Waals surface area (Å²) < 4.78 is 16.6. The zero-order valence-electron chi connectivity index (χ0n) is 36.8. The Bertz CT molecular complexity index is 1140. The number of hydrogen-bond donors (Lipinski definition) is 0. The van der Waals surface area contributed by atoms with Crippen LogP contribution in [0, 0.1) is 0 Å². The molecule has 0 bridgehead atoms. The molecule has 0 saturated heterocycles. The van der Waals surface area contributed by atoms with E-state index in [1.54, 1.807) is 0 Å². The average molecular weight is 793 g/mol. The Morgan fingerprint density at radius 2 is 0.737 bits per heavy atom. The lowest BCUT2D eigenvalue weighted by Gasteiger charge is -2.18. The van der Waals surface area contributed by atoms with E-state index in [4.69, 9.17) is 14.2 Å². The van der Waals surface area contributed by atoms with Crippen LogP contribution in [0.15, 0.2) is 85.1 Å². The molecule has 0 aliphatic rings.